The first-order valence-electron chi connectivity index (χ1n) is 14.8. The molecule has 1 saturated heterocycles. The van der Waals surface area contributed by atoms with Crippen LogP contribution < -0.4 is 14.8 Å². The Labute approximate surface area is 266 Å². The van der Waals surface area contributed by atoms with Crippen LogP contribution in [0.1, 0.15) is 42.4 Å². The van der Waals surface area contributed by atoms with E-state index in [9.17, 15) is 24.0 Å². The van der Waals surface area contributed by atoms with Gasteiger partial charge in [0.2, 0.25) is 5.75 Å². The van der Waals surface area contributed by atoms with Crippen LogP contribution in [-0.2, 0) is 46.2 Å². The molecule has 3 aromatic rings. The second-order valence-corrected chi connectivity index (χ2v) is 11.0. The minimum Gasteiger partial charge on any atom is -0.493 e. The summed E-state index contributed by atoms with van der Waals surface area (Å²) in [5.41, 5.74) is 1.11. The first-order chi connectivity index (χ1) is 22.1. The zero-order valence-corrected chi connectivity index (χ0v) is 26.0. The lowest BCUT2D eigenvalue weighted by atomic mass is 9.91. The van der Waals surface area contributed by atoms with Crippen LogP contribution in [0.2, 0.25) is 0 Å². The van der Waals surface area contributed by atoms with Crippen LogP contribution >= 0.6 is 0 Å². The molecule has 0 radical (unpaired) electrons. The third-order valence-electron chi connectivity index (χ3n) is 7.18. The van der Waals surface area contributed by atoms with Crippen molar-refractivity contribution < 1.29 is 47.7 Å². The Morgan fingerprint density at radius 2 is 1.61 bits per heavy atom. The van der Waals surface area contributed by atoms with E-state index in [0.29, 0.717) is 5.56 Å². The van der Waals surface area contributed by atoms with Gasteiger partial charge in [-0.25, -0.2) is 9.78 Å². The third-order valence-corrected chi connectivity index (χ3v) is 7.18. The maximum atomic E-state index is 13.5. The number of nitrogens with zero attached hydrogens (tertiary/aromatic N) is 1. The Kier molecular flexibility index (Phi) is 11.4. The van der Waals surface area contributed by atoms with Gasteiger partial charge in [0.05, 0.1) is 19.4 Å². The van der Waals surface area contributed by atoms with E-state index in [2.05, 4.69) is 10.3 Å². The van der Waals surface area contributed by atoms with Crippen LogP contribution in [0.5, 0.6) is 11.5 Å². The summed E-state index contributed by atoms with van der Waals surface area (Å²) in [6.45, 7) is 4.20. The van der Waals surface area contributed by atoms with E-state index in [1.807, 2.05) is 24.3 Å². The fraction of sp³-hybridized carbons (Fsp3) is 0.353. The van der Waals surface area contributed by atoms with Crippen molar-refractivity contribution in [1.29, 1.82) is 0 Å². The molecule has 1 N–H and O–H groups in total. The number of hydrogen-bond donors (Lipinski definition) is 1. The average molecular weight is 633 g/mol. The topological polar surface area (TPSA) is 156 Å². The zero-order chi connectivity index (χ0) is 33.2. The number of carbonyl (C=O) groups is 5. The number of aromatic nitrogens is 1. The second-order valence-electron chi connectivity index (χ2n) is 11.0. The largest absolute Gasteiger partial charge is 0.493 e. The maximum Gasteiger partial charge on any atom is 0.332 e. The van der Waals surface area contributed by atoms with Gasteiger partial charge in [0.15, 0.2) is 23.6 Å². The summed E-state index contributed by atoms with van der Waals surface area (Å²) in [6, 6.07) is 17.8. The Morgan fingerprint density at radius 3 is 2.24 bits per heavy atom. The van der Waals surface area contributed by atoms with E-state index < -0.39 is 66.5 Å². The van der Waals surface area contributed by atoms with Crippen LogP contribution in [0.25, 0.3) is 0 Å². The van der Waals surface area contributed by atoms with Crippen molar-refractivity contribution in [3.05, 3.63) is 89.7 Å². The maximum absolute atomic E-state index is 13.5. The van der Waals surface area contributed by atoms with E-state index in [1.54, 1.807) is 50.2 Å². The zero-order valence-electron chi connectivity index (χ0n) is 26.0. The summed E-state index contributed by atoms with van der Waals surface area (Å²) in [6.07, 6.45) is -0.932. The number of methoxy groups -OCH3 is 1. The molecule has 4 rings (SSSR count). The summed E-state index contributed by atoms with van der Waals surface area (Å²) >= 11 is 0. The molecule has 0 aliphatic carbocycles. The minimum absolute atomic E-state index is 0.0530. The van der Waals surface area contributed by atoms with E-state index in [-0.39, 0.29) is 30.0 Å². The number of benzene rings is 2. The summed E-state index contributed by atoms with van der Waals surface area (Å²) in [5.74, 6) is -5.60. The van der Waals surface area contributed by atoms with Gasteiger partial charge in [-0.15, -0.1) is 0 Å². The van der Waals surface area contributed by atoms with Crippen molar-refractivity contribution in [3.63, 3.8) is 0 Å². The van der Waals surface area contributed by atoms with Crippen molar-refractivity contribution in [2.45, 2.75) is 51.9 Å². The van der Waals surface area contributed by atoms with E-state index in [4.69, 9.17) is 23.7 Å². The molecule has 1 aliphatic heterocycles. The quantitative estimate of drug-likeness (QED) is 0.259. The molecule has 2 unspecified atom stereocenters. The molecule has 0 saturated carbocycles. The van der Waals surface area contributed by atoms with E-state index in [1.165, 1.54) is 26.3 Å². The van der Waals surface area contributed by atoms with Crippen LogP contribution in [0, 0.1) is 11.8 Å². The minimum atomic E-state index is -1.48. The van der Waals surface area contributed by atoms with Gasteiger partial charge in [0, 0.05) is 12.3 Å². The summed E-state index contributed by atoms with van der Waals surface area (Å²) in [5, 5.41) is 2.47. The highest BCUT2D eigenvalue weighted by Gasteiger charge is 2.42. The lowest BCUT2D eigenvalue weighted by Gasteiger charge is -2.29. The molecule has 2 aromatic carbocycles. The first-order valence-corrected chi connectivity index (χ1v) is 14.8. The first kappa shape index (κ1) is 33.6. The number of amides is 1. The van der Waals surface area contributed by atoms with Gasteiger partial charge in [-0.1, -0.05) is 74.5 Å². The molecule has 2 heterocycles. The molecule has 242 valence electrons. The number of nitrogens with one attached hydrogen (secondary N) is 1. The van der Waals surface area contributed by atoms with Crippen LogP contribution in [0.15, 0.2) is 72.9 Å². The van der Waals surface area contributed by atoms with Crippen molar-refractivity contribution in [3.8, 4) is 11.5 Å². The highest BCUT2D eigenvalue weighted by molar-refractivity contribution is 5.99. The fourth-order valence-electron chi connectivity index (χ4n) is 4.74. The monoisotopic (exact) mass is 632 g/mol. The summed E-state index contributed by atoms with van der Waals surface area (Å²) in [4.78, 5) is 69.7. The number of carbonyl (C=O) groups excluding carboxylic acids is 5. The number of esters is 4. The number of cyclic esters (lactones) is 2. The Balaban J connectivity index is 1.57. The van der Waals surface area contributed by atoms with E-state index in [0.717, 1.165) is 5.56 Å². The molecule has 4 atom stereocenters. The van der Waals surface area contributed by atoms with Gasteiger partial charge < -0.3 is 29.0 Å². The van der Waals surface area contributed by atoms with Gasteiger partial charge in [-0.2, -0.15) is 0 Å². The molecule has 0 spiro atoms. The molecule has 12 heteroatoms. The second kappa shape index (κ2) is 15.6. The molecular weight excluding hydrogens is 596 g/mol. The Bertz CT molecular complexity index is 1540. The molecule has 1 aromatic heterocycles. The van der Waals surface area contributed by atoms with Gasteiger partial charge in [0.25, 0.3) is 5.91 Å². The van der Waals surface area contributed by atoms with Gasteiger partial charge >= 0.3 is 23.9 Å². The average Bonchev–Trinajstić information content (AvgIpc) is 3.07. The Hall–Kier alpha value is -5.26. The molecule has 0 bridgehead atoms. The van der Waals surface area contributed by atoms with Crippen LogP contribution in [0.4, 0.5) is 0 Å². The summed E-state index contributed by atoms with van der Waals surface area (Å²) < 4.78 is 27.7. The molecule has 1 fully saturated rings. The lowest BCUT2D eigenvalue weighted by molar-refractivity contribution is -0.176. The molecule has 12 nitrogen and oxygen atoms in total. The predicted octanol–water partition coefficient (Wildman–Crippen LogP) is 3.25. The van der Waals surface area contributed by atoms with Gasteiger partial charge in [0.1, 0.15) is 18.6 Å². The normalized spacial score (nSPS) is 19.8. The fourth-order valence-corrected chi connectivity index (χ4v) is 4.74. The molecular formula is C34H36N2O10. The van der Waals surface area contributed by atoms with Crippen molar-refractivity contribution >= 4 is 29.8 Å². The van der Waals surface area contributed by atoms with Crippen LogP contribution in [0.3, 0.4) is 0 Å². The third kappa shape index (κ3) is 8.68. The number of rotatable bonds is 10. The van der Waals surface area contributed by atoms with E-state index >= 15 is 0 Å². The number of ether oxygens (including phenoxy) is 5. The molecule has 46 heavy (non-hydrogen) atoms. The molecule has 1 amide bonds. The van der Waals surface area contributed by atoms with Crippen LogP contribution in [-0.4, -0.2) is 66.7 Å². The molecule has 1 aliphatic rings. The SMILES string of the molecule is COc1ccnc(C(=O)NC2COC(=O)[C@H](Cc3ccccc3)C(OC(=O)C(C)C)[C@H](C)OC2=O)c1OC(=O)Cc1ccccc1. The number of pyridine rings is 1. The predicted molar refractivity (Wildman–Crippen MR) is 163 cm³/mol. The Morgan fingerprint density at radius 1 is 0.957 bits per heavy atom. The van der Waals surface area contributed by atoms with Gasteiger partial charge in [-0.05, 0) is 24.5 Å². The van der Waals surface area contributed by atoms with Gasteiger partial charge in [-0.3, -0.25) is 19.2 Å². The lowest BCUT2D eigenvalue weighted by Crippen LogP contribution is -2.47. The van der Waals surface area contributed by atoms with Crippen molar-refractivity contribution in [2.24, 2.45) is 11.8 Å². The van der Waals surface area contributed by atoms with Crippen molar-refractivity contribution in [1.82, 2.24) is 10.3 Å². The highest BCUT2D eigenvalue weighted by atomic mass is 16.6. The highest BCUT2D eigenvalue weighted by Crippen LogP contribution is 2.30. The van der Waals surface area contributed by atoms with Crippen molar-refractivity contribution in [2.75, 3.05) is 13.7 Å². The standard InChI is InChI=1S/C34H36N2O10/c1-20(2)32(39)46-29-21(3)44-34(41)25(19-43-33(40)24(29)17-22-11-7-5-8-12-22)36-31(38)28-30(26(42-4)15-16-35-28)45-27(37)18-23-13-9-6-10-14-23/h5-16,20-21,24-25,29H,17-19H2,1-4H3,(H,36,38)/t21-,24+,25?,29?/m0/s1. The summed E-state index contributed by atoms with van der Waals surface area (Å²) in [7, 11) is 1.33. The smallest absolute Gasteiger partial charge is 0.332 e. The number of hydrogen-bond acceptors (Lipinski definition) is 11.